The van der Waals surface area contributed by atoms with Crippen LogP contribution in [0, 0.1) is 0 Å². The number of nitrogens with zero attached hydrogens (tertiary/aromatic N) is 2. The Morgan fingerprint density at radius 3 is 2.64 bits per heavy atom. The van der Waals surface area contributed by atoms with Crippen LogP contribution in [0.3, 0.4) is 0 Å². The maximum absolute atomic E-state index is 12.4. The van der Waals surface area contributed by atoms with Crippen LogP contribution in [0.2, 0.25) is 0 Å². The van der Waals surface area contributed by atoms with Crippen molar-refractivity contribution in [2.24, 2.45) is 0 Å². The minimum absolute atomic E-state index is 0.00904. The molecular weight excluding hydrogens is 416 g/mol. The third-order valence-corrected chi connectivity index (χ3v) is 5.71. The fraction of sp³-hybridized carbons (Fsp3) is 0.346. The van der Waals surface area contributed by atoms with Gasteiger partial charge in [-0.15, -0.1) is 0 Å². The van der Waals surface area contributed by atoms with E-state index in [0.717, 1.165) is 29.7 Å². The van der Waals surface area contributed by atoms with Crippen LogP contribution < -0.4 is 15.4 Å². The van der Waals surface area contributed by atoms with Crippen LogP contribution in [0.4, 0.5) is 5.69 Å². The first kappa shape index (κ1) is 22.6. The Morgan fingerprint density at radius 1 is 1.00 bits per heavy atom. The number of rotatable bonds is 10. The molecule has 0 radical (unpaired) electrons. The van der Waals surface area contributed by atoms with Crippen molar-refractivity contribution in [3.8, 4) is 5.75 Å². The van der Waals surface area contributed by atoms with Gasteiger partial charge in [-0.2, -0.15) is 5.10 Å². The second-order valence-electron chi connectivity index (χ2n) is 8.40. The highest BCUT2D eigenvalue weighted by Crippen LogP contribution is 2.24. The fourth-order valence-electron chi connectivity index (χ4n) is 4.02. The monoisotopic (exact) mass is 446 g/mol. The Morgan fingerprint density at radius 2 is 1.82 bits per heavy atom. The molecule has 7 heteroatoms. The van der Waals surface area contributed by atoms with Crippen LogP contribution in [-0.2, 0) is 29.1 Å². The van der Waals surface area contributed by atoms with Crippen LogP contribution in [0.5, 0.6) is 5.75 Å². The number of hydrogen-bond donors (Lipinski definition) is 2. The first-order chi connectivity index (χ1) is 16.1. The van der Waals surface area contributed by atoms with Gasteiger partial charge in [-0.05, 0) is 73.6 Å². The average molecular weight is 447 g/mol. The summed E-state index contributed by atoms with van der Waals surface area (Å²) >= 11 is 0. The molecule has 7 nitrogen and oxygen atoms in total. The minimum Gasteiger partial charge on any atom is -0.490 e. The molecule has 0 unspecified atom stereocenters. The van der Waals surface area contributed by atoms with E-state index in [9.17, 15) is 9.59 Å². The Kier molecular flexibility index (Phi) is 7.74. The van der Waals surface area contributed by atoms with Gasteiger partial charge in [0.15, 0.2) is 0 Å². The van der Waals surface area contributed by atoms with E-state index in [1.165, 1.54) is 12.8 Å². The van der Waals surface area contributed by atoms with Gasteiger partial charge in [0.25, 0.3) is 0 Å². The lowest BCUT2D eigenvalue weighted by atomic mass is 10.1. The molecule has 33 heavy (non-hydrogen) atoms. The summed E-state index contributed by atoms with van der Waals surface area (Å²) in [5, 5.41) is 9.86. The predicted octanol–water partition coefficient (Wildman–Crippen LogP) is 4.09. The van der Waals surface area contributed by atoms with Gasteiger partial charge in [0, 0.05) is 31.0 Å². The molecule has 1 aliphatic carbocycles. The summed E-state index contributed by atoms with van der Waals surface area (Å²) < 4.78 is 7.63. The van der Waals surface area contributed by atoms with Crippen molar-refractivity contribution in [1.82, 2.24) is 15.1 Å². The van der Waals surface area contributed by atoms with Gasteiger partial charge >= 0.3 is 0 Å². The van der Waals surface area contributed by atoms with Crippen molar-refractivity contribution in [2.45, 2.75) is 57.7 Å². The van der Waals surface area contributed by atoms with E-state index in [1.54, 1.807) is 23.1 Å². The maximum Gasteiger partial charge on any atom is 0.246 e. The van der Waals surface area contributed by atoms with Crippen molar-refractivity contribution >= 4 is 17.5 Å². The SMILES string of the molecule is O=C(CCc1cccc(OC2CCCC2)c1)NCc1cccc(NC(=O)Cn2cccn2)c1. The largest absolute Gasteiger partial charge is 0.490 e. The molecule has 2 amide bonds. The van der Waals surface area contributed by atoms with Crippen molar-refractivity contribution in [2.75, 3.05) is 5.32 Å². The van der Waals surface area contributed by atoms with Crippen molar-refractivity contribution in [3.63, 3.8) is 0 Å². The molecule has 0 aliphatic heterocycles. The molecule has 1 saturated carbocycles. The number of nitrogens with one attached hydrogen (secondary N) is 2. The number of hydrogen-bond acceptors (Lipinski definition) is 4. The molecular formula is C26H30N4O3. The summed E-state index contributed by atoms with van der Waals surface area (Å²) in [7, 11) is 0. The second-order valence-corrected chi connectivity index (χ2v) is 8.40. The van der Waals surface area contributed by atoms with Gasteiger partial charge < -0.3 is 15.4 Å². The Bertz CT molecular complexity index is 1060. The average Bonchev–Trinajstić information content (AvgIpc) is 3.51. The highest BCUT2D eigenvalue weighted by molar-refractivity contribution is 5.90. The maximum atomic E-state index is 12.4. The van der Waals surface area contributed by atoms with E-state index < -0.39 is 0 Å². The summed E-state index contributed by atoms with van der Waals surface area (Å²) in [5.41, 5.74) is 2.72. The third kappa shape index (κ3) is 7.20. The molecule has 0 spiro atoms. The molecule has 1 aliphatic rings. The van der Waals surface area contributed by atoms with Crippen LogP contribution in [-0.4, -0.2) is 27.7 Å². The van der Waals surface area contributed by atoms with Gasteiger partial charge in [0.2, 0.25) is 11.8 Å². The first-order valence-electron chi connectivity index (χ1n) is 11.5. The van der Waals surface area contributed by atoms with Gasteiger partial charge in [-0.3, -0.25) is 14.3 Å². The second kappa shape index (κ2) is 11.3. The summed E-state index contributed by atoms with van der Waals surface area (Å²) in [6.07, 6.45) is 9.52. The minimum atomic E-state index is -0.154. The molecule has 172 valence electrons. The summed E-state index contributed by atoms with van der Waals surface area (Å²) in [5.74, 6) is 0.732. The van der Waals surface area contributed by atoms with E-state index in [2.05, 4.69) is 15.7 Å². The number of aromatic nitrogens is 2. The zero-order valence-corrected chi connectivity index (χ0v) is 18.7. The van der Waals surface area contributed by atoms with Gasteiger partial charge in [0.1, 0.15) is 12.3 Å². The highest BCUT2D eigenvalue weighted by Gasteiger charge is 2.16. The number of amides is 2. The third-order valence-electron chi connectivity index (χ3n) is 5.71. The molecule has 3 aromatic rings. The molecule has 2 aromatic carbocycles. The normalized spacial score (nSPS) is 13.6. The lowest BCUT2D eigenvalue weighted by Gasteiger charge is -2.14. The lowest BCUT2D eigenvalue weighted by molar-refractivity contribution is -0.121. The van der Waals surface area contributed by atoms with E-state index in [-0.39, 0.29) is 18.4 Å². The predicted molar refractivity (Wildman–Crippen MR) is 127 cm³/mol. The van der Waals surface area contributed by atoms with E-state index in [1.807, 2.05) is 48.5 Å². The summed E-state index contributed by atoms with van der Waals surface area (Å²) in [6, 6.07) is 17.3. The van der Waals surface area contributed by atoms with Crippen molar-refractivity contribution in [3.05, 3.63) is 78.1 Å². The number of carbonyl (C=O) groups excluding carboxylic acids is 2. The highest BCUT2D eigenvalue weighted by atomic mass is 16.5. The molecule has 1 fully saturated rings. The number of carbonyl (C=O) groups is 2. The molecule has 0 atom stereocenters. The Balaban J connectivity index is 1.21. The van der Waals surface area contributed by atoms with Crippen LogP contribution in [0.1, 0.15) is 43.2 Å². The van der Waals surface area contributed by atoms with Crippen LogP contribution in [0.25, 0.3) is 0 Å². The van der Waals surface area contributed by atoms with Crippen molar-refractivity contribution in [1.29, 1.82) is 0 Å². The molecule has 1 aromatic heterocycles. The molecule has 4 rings (SSSR count). The Labute approximate surface area is 194 Å². The van der Waals surface area contributed by atoms with Crippen LogP contribution in [0.15, 0.2) is 67.0 Å². The number of ether oxygens (including phenoxy) is 1. The quantitative estimate of drug-likeness (QED) is 0.491. The van der Waals surface area contributed by atoms with E-state index >= 15 is 0 Å². The molecule has 1 heterocycles. The standard InChI is InChI=1S/C26H30N4O3/c31-25(13-12-20-6-4-11-24(17-20)33-23-9-1-2-10-23)27-18-21-7-3-8-22(16-21)29-26(32)19-30-15-5-14-28-30/h3-8,11,14-17,23H,1-2,9-10,12-13,18-19H2,(H,27,31)(H,29,32). The number of anilines is 1. The molecule has 0 bridgehead atoms. The smallest absolute Gasteiger partial charge is 0.246 e. The van der Waals surface area contributed by atoms with Crippen molar-refractivity contribution < 1.29 is 14.3 Å². The number of benzene rings is 2. The lowest BCUT2D eigenvalue weighted by Crippen LogP contribution is -2.23. The molecule has 2 N–H and O–H groups in total. The topological polar surface area (TPSA) is 85.3 Å². The number of aryl methyl sites for hydroxylation is 1. The zero-order chi connectivity index (χ0) is 22.9. The van der Waals surface area contributed by atoms with E-state index in [0.29, 0.717) is 31.2 Å². The fourth-order valence-corrected chi connectivity index (χ4v) is 4.02. The molecule has 0 saturated heterocycles. The summed E-state index contributed by atoms with van der Waals surface area (Å²) in [4.78, 5) is 24.5. The van der Waals surface area contributed by atoms with Gasteiger partial charge in [0.05, 0.1) is 6.10 Å². The zero-order valence-electron chi connectivity index (χ0n) is 18.7. The van der Waals surface area contributed by atoms with Gasteiger partial charge in [-0.25, -0.2) is 0 Å². The summed E-state index contributed by atoms with van der Waals surface area (Å²) in [6.45, 7) is 0.563. The Hall–Kier alpha value is -3.61. The van der Waals surface area contributed by atoms with Crippen LogP contribution >= 0.6 is 0 Å². The van der Waals surface area contributed by atoms with E-state index in [4.69, 9.17) is 4.74 Å². The van der Waals surface area contributed by atoms with Gasteiger partial charge in [-0.1, -0.05) is 24.3 Å². The first-order valence-corrected chi connectivity index (χ1v) is 11.5.